The highest BCUT2D eigenvalue weighted by Gasteiger charge is 2.80. The minimum Gasteiger partial charge on any atom is -0.478 e. The first-order valence-corrected chi connectivity index (χ1v) is 10.3. The number of halogens is 15. The molecule has 0 fully saturated rings. The molecule has 0 aliphatic heterocycles. The largest absolute Gasteiger partial charge is 0.478 e. The molecule has 0 amide bonds. The Morgan fingerprint density at radius 2 is 0.800 bits per heavy atom. The Bertz CT molecular complexity index is 535. The highest BCUT2D eigenvalue weighted by molar-refractivity contribution is 6.82. The van der Waals surface area contributed by atoms with Gasteiger partial charge in [0.2, 0.25) is 12.5 Å². The summed E-state index contributed by atoms with van der Waals surface area (Å²) in [7, 11) is 0. The van der Waals surface area contributed by atoms with E-state index in [0.29, 0.717) is 0 Å². The van der Waals surface area contributed by atoms with Crippen LogP contribution in [0.15, 0.2) is 0 Å². The molecule has 2 nitrogen and oxygen atoms in total. The molecule has 0 radical (unpaired) electrons. The lowest BCUT2D eigenvalue weighted by molar-refractivity contribution is -0.146. The minimum atomic E-state index is -4.06. The molecule has 0 saturated heterocycles. The third-order valence-electron chi connectivity index (χ3n) is 2.60. The maximum atomic E-state index is 14.3. The van der Waals surface area contributed by atoms with Crippen LogP contribution in [-0.2, 0) is 4.79 Å². The molecule has 1 N–H and O–H groups in total. The van der Waals surface area contributed by atoms with Crippen molar-refractivity contribution >= 4 is 168 Å². The molecule has 0 aromatic heterocycles. The van der Waals surface area contributed by atoms with Gasteiger partial charge < -0.3 is 5.11 Å². The van der Waals surface area contributed by atoms with Crippen LogP contribution in [0.3, 0.4) is 0 Å². The van der Waals surface area contributed by atoms with Crippen molar-refractivity contribution in [3.05, 3.63) is 0 Å². The molecule has 1 unspecified atom stereocenters. The van der Waals surface area contributed by atoms with Crippen LogP contribution >= 0.6 is 162 Å². The van der Waals surface area contributed by atoms with E-state index >= 15 is 0 Å². The predicted octanol–water partition coefficient (Wildman–Crippen LogP) is 8.22. The summed E-state index contributed by atoms with van der Waals surface area (Å²) in [5.74, 6) is -2.41. The lowest BCUT2D eigenvalue weighted by Gasteiger charge is -2.51. The summed E-state index contributed by atoms with van der Waals surface area (Å²) in [6.07, 6.45) is 0. The lowest BCUT2D eigenvalue weighted by atomic mass is 10.0. The Hall–Kier alpha value is 3.46. The smallest absolute Gasteiger partial charge is 0.360 e. The Kier molecular flexibility index (Phi) is 9.32. The van der Waals surface area contributed by atoms with E-state index < -0.39 is 36.6 Å². The molecule has 0 aromatic rings. The van der Waals surface area contributed by atoms with Gasteiger partial charge in [-0.15, -0.1) is 0 Å². The number of hydrogen-bond donors (Lipinski definition) is 1. The summed E-state index contributed by atoms with van der Waals surface area (Å²) in [5.41, 5.74) is 0. The molecule has 17 heteroatoms. The van der Waals surface area contributed by atoms with Gasteiger partial charge >= 0.3 is 11.1 Å². The van der Waals surface area contributed by atoms with E-state index in [0.717, 1.165) is 0 Å². The van der Waals surface area contributed by atoms with Gasteiger partial charge in [0.15, 0.2) is 13.0 Å². The normalized spacial score (nSPS) is 18.0. The summed E-state index contributed by atoms with van der Waals surface area (Å²) < 4.78 is -4.35. The van der Waals surface area contributed by atoms with E-state index in [9.17, 15) is 9.18 Å². The van der Waals surface area contributed by atoms with Crippen LogP contribution in [0.4, 0.5) is 4.39 Å². The van der Waals surface area contributed by atoms with Crippen LogP contribution in [0.25, 0.3) is 0 Å². The van der Waals surface area contributed by atoms with Gasteiger partial charge in [0.1, 0.15) is 0 Å². The van der Waals surface area contributed by atoms with Gasteiger partial charge in [-0.2, -0.15) is 0 Å². The van der Waals surface area contributed by atoms with Gasteiger partial charge in [0.05, 0.1) is 0 Å². The Balaban J connectivity index is 6.55. The first-order chi connectivity index (χ1) is 10.4. The zero-order chi connectivity index (χ0) is 21.1. The molecule has 0 saturated carbocycles. The molecule has 0 bridgehead atoms. The summed E-state index contributed by atoms with van der Waals surface area (Å²) in [4.78, 5) is 11.0. The second kappa shape index (κ2) is 8.19. The van der Waals surface area contributed by atoms with Crippen molar-refractivity contribution in [3.8, 4) is 0 Å². The molecule has 0 heterocycles. The number of rotatable bonds is 6. The fraction of sp³-hybridized carbons (Fsp3) is 0.875. The predicted molar refractivity (Wildman–Crippen MR) is 110 cm³/mol. The monoisotopic (exact) mass is 638 g/mol. The molecule has 0 spiro atoms. The topological polar surface area (TPSA) is 37.3 Å². The summed E-state index contributed by atoms with van der Waals surface area (Å²) in [6, 6.07) is 0. The SMILES string of the molecule is O=C(O)C(F)(Cl)C(Cl)(Cl)C(Cl)(Cl)C(Cl)(Cl)C(Cl)(Cl)C(Cl)(Cl)C(Cl)(Cl)Cl. The van der Waals surface area contributed by atoms with E-state index in [-0.39, 0.29) is 0 Å². The Labute approximate surface area is 211 Å². The fourth-order valence-corrected chi connectivity index (χ4v) is 5.04. The van der Waals surface area contributed by atoms with Gasteiger partial charge in [0, 0.05) is 0 Å². The number of carboxylic acids is 1. The first kappa shape index (κ1) is 28.5. The highest BCUT2D eigenvalue weighted by atomic mass is 35.6. The maximum Gasteiger partial charge on any atom is 0.360 e. The molecule has 1 atom stereocenters. The van der Waals surface area contributed by atoms with Crippen molar-refractivity contribution < 1.29 is 14.3 Å². The third-order valence-corrected chi connectivity index (χ3v) is 11.8. The molecular weight excluding hydrogens is 643 g/mol. The number of carboxylic acid groups (broad SMARTS) is 1. The maximum absolute atomic E-state index is 14.3. The van der Waals surface area contributed by atoms with Gasteiger partial charge in [-0.3, -0.25) is 0 Å². The molecule has 0 aliphatic rings. The first-order valence-electron chi connectivity index (χ1n) is 5.01. The highest BCUT2D eigenvalue weighted by Crippen LogP contribution is 2.70. The van der Waals surface area contributed by atoms with Crippen molar-refractivity contribution in [2.45, 2.75) is 30.6 Å². The van der Waals surface area contributed by atoms with Crippen molar-refractivity contribution in [2.24, 2.45) is 0 Å². The lowest BCUT2D eigenvalue weighted by Crippen LogP contribution is -2.69. The summed E-state index contributed by atoms with van der Waals surface area (Å²) in [5, 5.41) is 4.78. The van der Waals surface area contributed by atoms with E-state index in [2.05, 4.69) is 0 Å². The molecule has 150 valence electrons. The average Bonchev–Trinajstić information content (AvgIpc) is 2.35. The number of carbonyl (C=O) groups is 1. The van der Waals surface area contributed by atoms with Gasteiger partial charge in [-0.1, -0.05) is 162 Å². The van der Waals surface area contributed by atoms with Gasteiger partial charge in [-0.25, -0.2) is 9.18 Å². The third kappa shape index (κ3) is 4.42. The van der Waals surface area contributed by atoms with Crippen molar-refractivity contribution in [3.63, 3.8) is 0 Å². The molecule has 0 rings (SSSR count). The fourth-order valence-electron chi connectivity index (χ4n) is 1.10. The molecular formula is C8HCl14FO2. The van der Waals surface area contributed by atoms with Crippen LogP contribution in [0.2, 0.25) is 0 Å². The second-order valence-electron chi connectivity index (χ2n) is 4.25. The standard InChI is InChI=1S/C8HCl14FO2/c9-2(23,1(24)25)3(10,11)4(12,13)5(14,15)6(16,17)7(18,19)8(20,21)22/h(H,24,25). The molecule has 0 aromatic carbocycles. The van der Waals surface area contributed by atoms with Crippen LogP contribution in [-0.4, -0.2) is 41.7 Å². The number of alkyl halides is 15. The minimum absolute atomic E-state index is 2.41. The Morgan fingerprint density at radius 3 is 1.04 bits per heavy atom. The van der Waals surface area contributed by atoms with E-state index in [1.54, 1.807) is 0 Å². The van der Waals surface area contributed by atoms with Gasteiger partial charge in [-0.05, 0) is 0 Å². The van der Waals surface area contributed by atoms with Crippen LogP contribution in [0.1, 0.15) is 0 Å². The number of aliphatic carboxylic acids is 1. The van der Waals surface area contributed by atoms with E-state index in [1.807, 2.05) is 0 Å². The molecule has 0 aliphatic carbocycles. The van der Waals surface area contributed by atoms with Crippen LogP contribution in [0.5, 0.6) is 0 Å². The quantitative estimate of drug-likeness (QED) is 0.296. The second-order valence-corrected chi connectivity index (χ2v) is 13.7. The number of hydrogen-bond acceptors (Lipinski definition) is 1. The Morgan fingerprint density at radius 1 is 0.560 bits per heavy atom. The average molecular weight is 644 g/mol. The van der Waals surface area contributed by atoms with Crippen molar-refractivity contribution in [1.29, 1.82) is 0 Å². The van der Waals surface area contributed by atoms with Gasteiger partial charge in [0.25, 0.3) is 0 Å². The summed E-state index contributed by atoms with van der Waals surface area (Å²) >= 11 is 80.0. The van der Waals surface area contributed by atoms with Crippen LogP contribution in [0, 0.1) is 0 Å². The molecule has 25 heavy (non-hydrogen) atoms. The summed E-state index contributed by atoms with van der Waals surface area (Å²) in [6.45, 7) is 0. The zero-order valence-electron chi connectivity index (χ0n) is 10.5. The van der Waals surface area contributed by atoms with Crippen molar-refractivity contribution in [2.75, 3.05) is 0 Å². The van der Waals surface area contributed by atoms with E-state index in [4.69, 9.17) is 168 Å². The van der Waals surface area contributed by atoms with Crippen molar-refractivity contribution in [1.82, 2.24) is 0 Å². The van der Waals surface area contributed by atoms with Crippen LogP contribution < -0.4 is 0 Å². The zero-order valence-corrected chi connectivity index (χ0v) is 21.1. The van der Waals surface area contributed by atoms with E-state index in [1.165, 1.54) is 0 Å².